The Kier molecular flexibility index (Phi) is 7.18. The van der Waals surface area contributed by atoms with Crippen LogP contribution in [0.25, 0.3) is 0 Å². The molecule has 8 nitrogen and oxygen atoms in total. The highest BCUT2D eigenvalue weighted by Gasteiger charge is 2.23. The molecular formula is C26H27N3O5S. The van der Waals surface area contributed by atoms with Gasteiger partial charge in [-0.15, -0.1) is 0 Å². The number of amides is 2. The standard InChI is InChI=1S/C26H27N3O5S/c1-17-5-3-6-21(15-17)29-35(32,33)22-13-8-18(2)23(16-22)25(30)27-19-9-11-20(12-10-19)28-26(31)24-7-4-14-34-24/h3,5-6,8-13,15-16,24,29H,4,7,14H2,1-2H3,(H,27,30)(H,28,31). The Bertz CT molecular complexity index is 1350. The summed E-state index contributed by atoms with van der Waals surface area (Å²) in [6.45, 7) is 4.20. The van der Waals surface area contributed by atoms with Gasteiger partial charge in [0.15, 0.2) is 0 Å². The molecule has 3 aromatic rings. The quantitative estimate of drug-likeness (QED) is 0.449. The van der Waals surface area contributed by atoms with Crippen molar-refractivity contribution in [3.8, 4) is 0 Å². The van der Waals surface area contributed by atoms with Crippen molar-refractivity contribution in [1.29, 1.82) is 0 Å². The molecule has 0 bridgehead atoms. The number of hydrogen-bond donors (Lipinski definition) is 3. The highest BCUT2D eigenvalue weighted by atomic mass is 32.2. The van der Waals surface area contributed by atoms with Gasteiger partial charge in [0.1, 0.15) is 6.10 Å². The fraction of sp³-hybridized carbons (Fsp3) is 0.231. The number of aryl methyl sites for hydroxylation is 2. The predicted molar refractivity (Wildman–Crippen MR) is 135 cm³/mol. The molecule has 3 N–H and O–H groups in total. The normalized spacial score (nSPS) is 15.4. The van der Waals surface area contributed by atoms with Gasteiger partial charge in [-0.1, -0.05) is 18.2 Å². The molecule has 4 rings (SSSR count). The van der Waals surface area contributed by atoms with Crippen molar-refractivity contribution in [2.75, 3.05) is 22.0 Å². The van der Waals surface area contributed by atoms with Gasteiger partial charge in [0.25, 0.3) is 21.8 Å². The molecule has 1 saturated heterocycles. The van der Waals surface area contributed by atoms with E-state index in [9.17, 15) is 18.0 Å². The number of nitrogens with one attached hydrogen (secondary N) is 3. The van der Waals surface area contributed by atoms with Crippen LogP contribution in [0.5, 0.6) is 0 Å². The van der Waals surface area contributed by atoms with Crippen LogP contribution in [0.15, 0.2) is 71.6 Å². The zero-order valence-corrected chi connectivity index (χ0v) is 20.3. The van der Waals surface area contributed by atoms with E-state index in [2.05, 4.69) is 15.4 Å². The van der Waals surface area contributed by atoms with E-state index in [0.29, 0.717) is 35.7 Å². The average molecular weight is 494 g/mol. The van der Waals surface area contributed by atoms with Crippen LogP contribution in [0.3, 0.4) is 0 Å². The maximum Gasteiger partial charge on any atom is 0.261 e. The van der Waals surface area contributed by atoms with Crippen LogP contribution in [-0.4, -0.2) is 32.9 Å². The smallest absolute Gasteiger partial charge is 0.261 e. The summed E-state index contributed by atoms with van der Waals surface area (Å²) in [6, 6.07) is 18.2. The van der Waals surface area contributed by atoms with Gasteiger partial charge in [0, 0.05) is 29.2 Å². The van der Waals surface area contributed by atoms with Crippen LogP contribution in [0.4, 0.5) is 17.1 Å². The zero-order chi connectivity index (χ0) is 25.0. The van der Waals surface area contributed by atoms with Gasteiger partial charge >= 0.3 is 0 Å². The second-order valence-corrected chi connectivity index (χ2v) is 10.2. The minimum absolute atomic E-state index is 0.0121. The fourth-order valence-electron chi connectivity index (χ4n) is 3.78. The topological polar surface area (TPSA) is 114 Å². The van der Waals surface area contributed by atoms with Crippen molar-refractivity contribution >= 4 is 38.9 Å². The minimum Gasteiger partial charge on any atom is -0.368 e. The first-order chi connectivity index (χ1) is 16.7. The molecule has 0 aromatic heterocycles. The van der Waals surface area contributed by atoms with E-state index in [1.54, 1.807) is 55.5 Å². The summed E-state index contributed by atoms with van der Waals surface area (Å²) < 4.78 is 33.7. The van der Waals surface area contributed by atoms with Gasteiger partial charge in [-0.3, -0.25) is 14.3 Å². The first-order valence-electron chi connectivity index (χ1n) is 11.3. The first kappa shape index (κ1) is 24.4. The van der Waals surface area contributed by atoms with Gasteiger partial charge in [0.05, 0.1) is 4.90 Å². The molecule has 35 heavy (non-hydrogen) atoms. The highest BCUT2D eigenvalue weighted by Crippen LogP contribution is 2.22. The van der Waals surface area contributed by atoms with E-state index in [4.69, 9.17) is 4.74 Å². The number of rotatable bonds is 7. The van der Waals surface area contributed by atoms with Crippen LogP contribution < -0.4 is 15.4 Å². The molecule has 2 amide bonds. The van der Waals surface area contributed by atoms with E-state index < -0.39 is 22.0 Å². The third-order valence-electron chi connectivity index (χ3n) is 5.67. The summed E-state index contributed by atoms with van der Waals surface area (Å²) in [6.07, 6.45) is 1.14. The summed E-state index contributed by atoms with van der Waals surface area (Å²) in [5.74, 6) is -0.626. The van der Waals surface area contributed by atoms with Gasteiger partial charge in [-0.25, -0.2) is 8.42 Å². The molecule has 0 aliphatic carbocycles. The van der Waals surface area contributed by atoms with Crippen LogP contribution in [0.2, 0.25) is 0 Å². The molecule has 182 valence electrons. The van der Waals surface area contributed by atoms with E-state index in [1.807, 2.05) is 13.0 Å². The summed E-state index contributed by atoms with van der Waals surface area (Å²) in [5, 5.41) is 5.58. The van der Waals surface area contributed by atoms with Crippen molar-refractivity contribution in [3.05, 3.63) is 83.4 Å². The summed E-state index contributed by atoms with van der Waals surface area (Å²) in [4.78, 5) is 25.1. The first-order valence-corrected chi connectivity index (χ1v) is 12.7. The second-order valence-electron chi connectivity index (χ2n) is 8.47. The van der Waals surface area contributed by atoms with E-state index in [-0.39, 0.29) is 16.4 Å². The number of carbonyl (C=O) groups is 2. The van der Waals surface area contributed by atoms with Gasteiger partial charge in [0.2, 0.25) is 0 Å². The number of ether oxygens (including phenoxy) is 1. The Morgan fingerprint density at radius 1 is 0.886 bits per heavy atom. The Balaban J connectivity index is 1.45. The maximum absolute atomic E-state index is 12.9. The van der Waals surface area contributed by atoms with Crippen LogP contribution in [-0.2, 0) is 19.6 Å². The van der Waals surface area contributed by atoms with E-state index >= 15 is 0 Å². The Labute approximate surface area is 204 Å². The number of carbonyl (C=O) groups excluding carboxylic acids is 2. The van der Waals surface area contributed by atoms with Crippen molar-refractivity contribution < 1.29 is 22.7 Å². The number of hydrogen-bond acceptors (Lipinski definition) is 5. The molecule has 0 saturated carbocycles. The van der Waals surface area contributed by atoms with Crippen LogP contribution in [0.1, 0.15) is 34.3 Å². The Morgan fingerprint density at radius 3 is 2.26 bits per heavy atom. The lowest BCUT2D eigenvalue weighted by molar-refractivity contribution is -0.124. The van der Waals surface area contributed by atoms with Crippen LogP contribution >= 0.6 is 0 Å². The molecule has 0 radical (unpaired) electrons. The third kappa shape index (κ3) is 6.06. The minimum atomic E-state index is -3.88. The van der Waals surface area contributed by atoms with Crippen molar-refractivity contribution in [3.63, 3.8) is 0 Å². The van der Waals surface area contributed by atoms with Gasteiger partial charge < -0.3 is 15.4 Å². The molecule has 3 aromatic carbocycles. The van der Waals surface area contributed by atoms with E-state index in [1.165, 1.54) is 12.1 Å². The zero-order valence-electron chi connectivity index (χ0n) is 19.5. The largest absolute Gasteiger partial charge is 0.368 e. The maximum atomic E-state index is 12.9. The Morgan fingerprint density at radius 2 is 1.60 bits per heavy atom. The van der Waals surface area contributed by atoms with E-state index in [0.717, 1.165) is 12.0 Å². The molecule has 1 fully saturated rings. The third-order valence-corrected chi connectivity index (χ3v) is 7.05. The summed E-state index contributed by atoms with van der Waals surface area (Å²) in [5.41, 5.74) is 3.35. The number of sulfonamides is 1. The summed E-state index contributed by atoms with van der Waals surface area (Å²) in [7, 11) is -3.88. The van der Waals surface area contributed by atoms with Crippen molar-refractivity contribution in [1.82, 2.24) is 0 Å². The monoisotopic (exact) mass is 493 g/mol. The fourth-order valence-corrected chi connectivity index (χ4v) is 4.85. The molecule has 1 aliphatic heterocycles. The van der Waals surface area contributed by atoms with Gasteiger partial charge in [-0.05, 0) is 86.3 Å². The lowest BCUT2D eigenvalue weighted by Gasteiger charge is -2.13. The molecule has 1 unspecified atom stereocenters. The van der Waals surface area contributed by atoms with Crippen LogP contribution in [0, 0.1) is 13.8 Å². The molecule has 1 aliphatic rings. The molecule has 9 heteroatoms. The molecule has 1 atom stereocenters. The van der Waals surface area contributed by atoms with Gasteiger partial charge in [-0.2, -0.15) is 0 Å². The Hall–Kier alpha value is -3.69. The molecule has 0 spiro atoms. The average Bonchev–Trinajstić information content (AvgIpc) is 3.35. The predicted octanol–water partition coefficient (Wildman–Crippen LogP) is 4.47. The molecule has 1 heterocycles. The highest BCUT2D eigenvalue weighted by molar-refractivity contribution is 7.92. The lowest BCUT2D eigenvalue weighted by atomic mass is 10.1. The number of anilines is 3. The number of benzene rings is 3. The summed E-state index contributed by atoms with van der Waals surface area (Å²) >= 11 is 0. The lowest BCUT2D eigenvalue weighted by Crippen LogP contribution is -2.26. The van der Waals surface area contributed by atoms with Crippen molar-refractivity contribution in [2.24, 2.45) is 0 Å². The SMILES string of the molecule is Cc1cccc(NS(=O)(=O)c2ccc(C)c(C(=O)Nc3ccc(NC(=O)C4CCCO4)cc3)c2)c1. The van der Waals surface area contributed by atoms with Crippen molar-refractivity contribution in [2.45, 2.75) is 37.7 Å². The molecular weight excluding hydrogens is 466 g/mol. The second kappa shape index (κ2) is 10.3.